The normalized spacial score (nSPS) is 17.9. The number of piperazine rings is 1. The fourth-order valence-electron chi connectivity index (χ4n) is 3.55. The van der Waals surface area contributed by atoms with Gasteiger partial charge in [-0.1, -0.05) is 41.9 Å². The molecule has 2 aromatic rings. The van der Waals surface area contributed by atoms with Gasteiger partial charge in [-0.15, -0.1) is 0 Å². The number of rotatable bonds is 5. The first-order chi connectivity index (χ1) is 13.0. The Morgan fingerprint density at radius 1 is 1.00 bits per heavy atom. The average molecular weight is 403 g/mol. The van der Waals surface area contributed by atoms with Crippen LogP contribution in [-0.4, -0.2) is 54.2 Å². The second-order valence-electron chi connectivity index (χ2n) is 7.09. The van der Waals surface area contributed by atoms with E-state index in [1.165, 1.54) is 5.56 Å². The van der Waals surface area contributed by atoms with Crippen molar-refractivity contribution < 1.29 is 0 Å². The van der Waals surface area contributed by atoms with E-state index in [2.05, 4.69) is 64.7 Å². The second-order valence-corrected chi connectivity index (χ2v) is 7.93. The fourth-order valence-corrected chi connectivity index (χ4v) is 3.98. The van der Waals surface area contributed by atoms with Crippen LogP contribution in [0.5, 0.6) is 0 Å². The first-order valence-corrected chi connectivity index (χ1v) is 10.1. The average Bonchev–Trinajstić information content (AvgIpc) is 2.66. The van der Waals surface area contributed by atoms with E-state index in [1.807, 2.05) is 24.3 Å². The van der Waals surface area contributed by atoms with Crippen molar-refractivity contribution in [2.24, 2.45) is 0 Å². The molecule has 1 heterocycles. The molecule has 0 bridgehead atoms. The molecule has 0 spiro atoms. The van der Waals surface area contributed by atoms with E-state index in [9.17, 15) is 0 Å². The molecule has 0 amide bonds. The van der Waals surface area contributed by atoms with Gasteiger partial charge in [0.2, 0.25) is 0 Å². The Kier molecular flexibility index (Phi) is 7.07. The fraction of sp³-hybridized carbons (Fsp3) is 0.381. The zero-order chi connectivity index (χ0) is 19.2. The molecule has 2 aromatic carbocycles. The van der Waals surface area contributed by atoms with Gasteiger partial charge in [-0.3, -0.25) is 4.90 Å². The Bertz CT molecular complexity index is 730. The molecule has 1 fully saturated rings. The van der Waals surface area contributed by atoms with E-state index in [4.69, 9.17) is 23.8 Å². The standard InChI is InChI=1S/C21H27ClN4S/c1-16(23-21(27)24-19-10-8-18(22)9-11-19)20(17-6-4-3-5-7-17)26-14-12-25(2)13-15-26/h3-11,16,20H,12-15H2,1-2H3,(H2,23,24,27)/t16-,20-/m0/s1. The number of nitrogens with zero attached hydrogens (tertiary/aromatic N) is 2. The smallest absolute Gasteiger partial charge is 0.171 e. The summed E-state index contributed by atoms with van der Waals surface area (Å²) in [5.41, 5.74) is 2.25. The lowest BCUT2D eigenvalue weighted by atomic mass is 9.98. The number of anilines is 1. The SMILES string of the molecule is C[C@H](NC(=S)Nc1ccc(Cl)cc1)[C@@H](c1ccccc1)N1CCN(C)CC1. The van der Waals surface area contributed by atoms with Crippen molar-refractivity contribution in [1.82, 2.24) is 15.1 Å². The van der Waals surface area contributed by atoms with E-state index in [1.54, 1.807) is 0 Å². The van der Waals surface area contributed by atoms with Crippen LogP contribution in [0.4, 0.5) is 5.69 Å². The summed E-state index contributed by atoms with van der Waals surface area (Å²) in [6.45, 7) is 6.48. The Morgan fingerprint density at radius 2 is 1.63 bits per heavy atom. The molecule has 0 aliphatic carbocycles. The highest BCUT2D eigenvalue weighted by atomic mass is 35.5. The van der Waals surface area contributed by atoms with E-state index in [-0.39, 0.29) is 12.1 Å². The van der Waals surface area contributed by atoms with Crippen LogP contribution < -0.4 is 10.6 Å². The minimum atomic E-state index is 0.170. The number of likely N-dealkylation sites (N-methyl/N-ethyl adjacent to an activating group) is 1. The number of benzene rings is 2. The van der Waals surface area contributed by atoms with Crippen LogP contribution in [-0.2, 0) is 0 Å². The van der Waals surface area contributed by atoms with E-state index < -0.39 is 0 Å². The van der Waals surface area contributed by atoms with Crippen LogP contribution in [0.2, 0.25) is 5.02 Å². The number of hydrogen-bond acceptors (Lipinski definition) is 3. The molecule has 0 saturated carbocycles. The lowest BCUT2D eigenvalue weighted by Crippen LogP contribution is -2.52. The van der Waals surface area contributed by atoms with Crippen molar-refractivity contribution in [3.8, 4) is 0 Å². The molecule has 6 heteroatoms. The lowest BCUT2D eigenvalue weighted by Gasteiger charge is -2.41. The van der Waals surface area contributed by atoms with Gasteiger partial charge < -0.3 is 15.5 Å². The minimum Gasteiger partial charge on any atom is -0.358 e. The molecule has 0 aromatic heterocycles. The van der Waals surface area contributed by atoms with Gasteiger partial charge in [0.15, 0.2) is 5.11 Å². The van der Waals surface area contributed by atoms with Gasteiger partial charge in [0.1, 0.15) is 0 Å². The third-order valence-corrected chi connectivity index (χ3v) is 5.48. The van der Waals surface area contributed by atoms with Crippen LogP contribution in [0, 0.1) is 0 Å². The molecular weight excluding hydrogens is 376 g/mol. The second kappa shape index (κ2) is 9.51. The monoisotopic (exact) mass is 402 g/mol. The number of thiocarbonyl (C=S) groups is 1. The summed E-state index contributed by atoms with van der Waals surface area (Å²) in [7, 11) is 2.18. The van der Waals surface area contributed by atoms with E-state index in [0.717, 1.165) is 31.9 Å². The zero-order valence-electron chi connectivity index (χ0n) is 15.9. The van der Waals surface area contributed by atoms with Crippen LogP contribution in [0.25, 0.3) is 0 Å². The Labute approximate surface area is 172 Å². The van der Waals surface area contributed by atoms with Crippen molar-refractivity contribution in [1.29, 1.82) is 0 Å². The maximum absolute atomic E-state index is 5.95. The van der Waals surface area contributed by atoms with E-state index >= 15 is 0 Å². The van der Waals surface area contributed by atoms with Gasteiger partial charge in [-0.25, -0.2) is 0 Å². The number of nitrogens with one attached hydrogen (secondary N) is 2. The van der Waals surface area contributed by atoms with Crippen molar-refractivity contribution in [2.75, 3.05) is 38.5 Å². The molecule has 0 unspecified atom stereocenters. The Hall–Kier alpha value is -1.66. The van der Waals surface area contributed by atoms with Crippen molar-refractivity contribution in [3.63, 3.8) is 0 Å². The molecule has 1 saturated heterocycles. The molecule has 2 N–H and O–H groups in total. The summed E-state index contributed by atoms with van der Waals surface area (Å²) in [6.07, 6.45) is 0. The molecule has 144 valence electrons. The first kappa shape index (κ1) is 20.1. The number of halogens is 1. The predicted molar refractivity (Wildman–Crippen MR) is 119 cm³/mol. The minimum absolute atomic E-state index is 0.170. The van der Waals surface area contributed by atoms with Crippen molar-refractivity contribution in [2.45, 2.75) is 19.0 Å². The van der Waals surface area contributed by atoms with Crippen LogP contribution in [0.15, 0.2) is 54.6 Å². The van der Waals surface area contributed by atoms with Gasteiger partial charge in [-0.05, 0) is 56.0 Å². The summed E-state index contributed by atoms with van der Waals surface area (Å²) in [4.78, 5) is 4.93. The predicted octanol–water partition coefficient (Wildman–Crippen LogP) is 4.00. The molecule has 0 radical (unpaired) electrons. The maximum Gasteiger partial charge on any atom is 0.171 e. The number of hydrogen-bond donors (Lipinski definition) is 2. The van der Waals surface area contributed by atoms with Gasteiger partial charge in [0.05, 0.1) is 6.04 Å². The molecule has 1 aliphatic heterocycles. The summed E-state index contributed by atoms with van der Waals surface area (Å²) in [5, 5.41) is 8.07. The summed E-state index contributed by atoms with van der Waals surface area (Å²) in [5.74, 6) is 0. The summed E-state index contributed by atoms with van der Waals surface area (Å²) < 4.78 is 0. The van der Waals surface area contributed by atoms with Crippen molar-refractivity contribution in [3.05, 3.63) is 65.2 Å². The van der Waals surface area contributed by atoms with Gasteiger partial charge in [-0.2, -0.15) is 0 Å². The molecule has 4 nitrogen and oxygen atoms in total. The highest BCUT2D eigenvalue weighted by molar-refractivity contribution is 7.80. The molecule has 3 rings (SSSR count). The summed E-state index contributed by atoms with van der Waals surface area (Å²) >= 11 is 11.5. The third kappa shape index (κ3) is 5.66. The van der Waals surface area contributed by atoms with Crippen molar-refractivity contribution >= 4 is 34.6 Å². The lowest BCUT2D eigenvalue weighted by molar-refractivity contribution is 0.0973. The van der Waals surface area contributed by atoms with E-state index in [0.29, 0.717) is 10.1 Å². The van der Waals surface area contributed by atoms with Crippen LogP contribution in [0.1, 0.15) is 18.5 Å². The van der Waals surface area contributed by atoms with Gasteiger partial charge >= 0.3 is 0 Å². The molecule has 1 aliphatic rings. The maximum atomic E-state index is 5.95. The van der Waals surface area contributed by atoms with Crippen LogP contribution in [0.3, 0.4) is 0 Å². The van der Waals surface area contributed by atoms with Crippen LogP contribution >= 0.6 is 23.8 Å². The van der Waals surface area contributed by atoms with Gasteiger partial charge in [0, 0.05) is 42.9 Å². The largest absolute Gasteiger partial charge is 0.358 e. The Balaban J connectivity index is 1.69. The molecule has 2 atom stereocenters. The quantitative estimate of drug-likeness (QED) is 0.738. The Morgan fingerprint density at radius 3 is 2.26 bits per heavy atom. The third-order valence-electron chi connectivity index (χ3n) is 5.01. The molecule has 27 heavy (non-hydrogen) atoms. The first-order valence-electron chi connectivity index (χ1n) is 9.33. The zero-order valence-corrected chi connectivity index (χ0v) is 17.4. The van der Waals surface area contributed by atoms with Gasteiger partial charge in [0.25, 0.3) is 0 Å². The molecular formula is C21H27ClN4S. The highest BCUT2D eigenvalue weighted by Gasteiger charge is 2.28. The topological polar surface area (TPSA) is 30.5 Å². The summed E-state index contributed by atoms with van der Waals surface area (Å²) in [6, 6.07) is 18.7. The highest BCUT2D eigenvalue weighted by Crippen LogP contribution is 2.25.